The van der Waals surface area contributed by atoms with E-state index in [1.54, 1.807) is 0 Å². The summed E-state index contributed by atoms with van der Waals surface area (Å²) < 4.78 is 0. The van der Waals surface area contributed by atoms with Gasteiger partial charge in [-0.25, -0.2) is 0 Å². The summed E-state index contributed by atoms with van der Waals surface area (Å²) in [6, 6.07) is 0. The molecule has 2 aliphatic rings. The second-order valence-electron chi connectivity index (χ2n) is 4.18. The van der Waals surface area contributed by atoms with Crippen molar-refractivity contribution in [2.24, 2.45) is 11.3 Å². The molecule has 2 bridgehead atoms. The van der Waals surface area contributed by atoms with Crippen molar-refractivity contribution < 1.29 is 5.11 Å². The van der Waals surface area contributed by atoms with Crippen LogP contribution in [0.5, 0.6) is 0 Å². The molecule has 0 radical (unpaired) electrons. The first-order chi connectivity index (χ1) is 5.15. The maximum Gasteiger partial charge on any atom is 0.0605 e. The van der Waals surface area contributed by atoms with Gasteiger partial charge < -0.3 is 5.11 Å². The molecule has 0 aliphatic heterocycles. The van der Waals surface area contributed by atoms with Crippen LogP contribution in [0.2, 0.25) is 0 Å². The van der Waals surface area contributed by atoms with E-state index < -0.39 is 0 Å². The predicted octanol–water partition coefficient (Wildman–Crippen LogP) is 2.11. The number of allylic oxidation sites excluding steroid dienone is 1. The number of hydrogen-bond donors (Lipinski definition) is 1. The Labute approximate surface area is 68.1 Å². The van der Waals surface area contributed by atoms with Gasteiger partial charge in [0.25, 0.3) is 0 Å². The molecule has 0 aromatic heterocycles. The molecule has 62 valence electrons. The molecule has 1 fully saturated rings. The summed E-state index contributed by atoms with van der Waals surface area (Å²) in [5.41, 5.74) is 1.62. The normalized spacial score (nSPS) is 44.3. The zero-order chi connectivity index (χ0) is 8.06. The molecule has 1 heteroatoms. The molecule has 1 saturated carbocycles. The molecule has 3 unspecified atom stereocenters. The van der Waals surface area contributed by atoms with Crippen LogP contribution in [0.15, 0.2) is 11.6 Å². The Morgan fingerprint density at radius 3 is 2.73 bits per heavy atom. The monoisotopic (exact) mass is 152 g/mol. The van der Waals surface area contributed by atoms with Gasteiger partial charge in [0.2, 0.25) is 0 Å². The maximum absolute atomic E-state index is 9.66. The number of fused-ring (bicyclic) bond motifs is 2. The smallest absolute Gasteiger partial charge is 0.0605 e. The van der Waals surface area contributed by atoms with Gasteiger partial charge in [0.15, 0.2) is 0 Å². The van der Waals surface area contributed by atoms with Gasteiger partial charge in [0.05, 0.1) is 6.10 Å². The van der Waals surface area contributed by atoms with Crippen molar-refractivity contribution in [3.8, 4) is 0 Å². The quantitative estimate of drug-likeness (QED) is 0.570. The number of rotatable bonds is 1. The molecule has 2 rings (SSSR count). The van der Waals surface area contributed by atoms with Crippen LogP contribution in [0.4, 0.5) is 0 Å². The Kier molecular flexibility index (Phi) is 1.40. The van der Waals surface area contributed by atoms with Crippen molar-refractivity contribution in [3.05, 3.63) is 11.6 Å². The van der Waals surface area contributed by atoms with E-state index in [0.29, 0.717) is 0 Å². The summed E-state index contributed by atoms with van der Waals surface area (Å²) in [6.45, 7) is 4.11. The second kappa shape index (κ2) is 2.10. The van der Waals surface area contributed by atoms with Crippen molar-refractivity contribution in [3.63, 3.8) is 0 Å². The molecule has 0 spiro atoms. The molecule has 11 heavy (non-hydrogen) atoms. The van der Waals surface area contributed by atoms with Gasteiger partial charge in [-0.15, -0.1) is 0 Å². The van der Waals surface area contributed by atoms with Gasteiger partial charge in [0.1, 0.15) is 0 Å². The lowest BCUT2D eigenvalue weighted by atomic mass is 9.77. The molecule has 1 nitrogen and oxygen atoms in total. The van der Waals surface area contributed by atoms with Crippen LogP contribution in [0.25, 0.3) is 0 Å². The van der Waals surface area contributed by atoms with Gasteiger partial charge in [-0.1, -0.05) is 11.6 Å². The molecule has 1 N–H and O–H groups in total. The Bertz CT molecular complexity index is 205. The van der Waals surface area contributed by atoms with Crippen LogP contribution in [-0.2, 0) is 0 Å². The summed E-state index contributed by atoms with van der Waals surface area (Å²) >= 11 is 0. The van der Waals surface area contributed by atoms with Crippen LogP contribution in [0.3, 0.4) is 0 Å². The Balaban J connectivity index is 2.33. The van der Waals surface area contributed by atoms with E-state index in [-0.39, 0.29) is 11.5 Å². The third kappa shape index (κ3) is 0.807. The van der Waals surface area contributed by atoms with Gasteiger partial charge in [-0.3, -0.25) is 0 Å². The highest BCUT2D eigenvalue weighted by Crippen LogP contribution is 2.55. The average molecular weight is 152 g/mol. The fourth-order valence-electron chi connectivity index (χ4n) is 2.84. The molecule has 0 amide bonds. The van der Waals surface area contributed by atoms with Crippen molar-refractivity contribution in [1.29, 1.82) is 0 Å². The predicted molar refractivity (Wildman–Crippen MR) is 45.2 cm³/mol. The first-order valence-electron chi connectivity index (χ1n) is 4.52. The molecule has 3 atom stereocenters. The first-order valence-corrected chi connectivity index (χ1v) is 4.52. The zero-order valence-corrected chi connectivity index (χ0v) is 7.30. The lowest BCUT2D eigenvalue weighted by Gasteiger charge is -2.31. The van der Waals surface area contributed by atoms with E-state index in [1.807, 2.05) is 6.92 Å². The van der Waals surface area contributed by atoms with E-state index in [9.17, 15) is 5.11 Å². The number of aliphatic hydroxyl groups excluding tert-OH is 1. The molecule has 0 heterocycles. The van der Waals surface area contributed by atoms with Gasteiger partial charge >= 0.3 is 0 Å². The van der Waals surface area contributed by atoms with E-state index in [2.05, 4.69) is 13.0 Å². The van der Waals surface area contributed by atoms with Gasteiger partial charge in [0, 0.05) is 5.41 Å². The Morgan fingerprint density at radius 2 is 2.45 bits per heavy atom. The lowest BCUT2D eigenvalue weighted by Crippen LogP contribution is -2.29. The third-order valence-corrected chi connectivity index (χ3v) is 3.66. The second-order valence-corrected chi connectivity index (χ2v) is 4.18. The van der Waals surface area contributed by atoms with Gasteiger partial charge in [-0.05, 0) is 39.0 Å². The number of hydrogen-bond acceptors (Lipinski definition) is 1. The van der Waals surface area contributed by atoms with E-state index in [1.165, 1.54) is 24.8 Å². The van der Waals surface area contributed by atoms with Crippen LogP contribution in [-0.4, -0.2) is 11.2 Å². The fraction of sp³-hybridized carbons (Fsp3) is 0.800. The summed E-state index contributed by atoms with van der Waals surface area (Å²) in [4.78, 5) is 0. The van der Waals surface area contributed by atoms with Crippen molar-refractivity contribution in [1.82, 2.24) is 0 Å². The lowest BCUT2D eigenvalue weighted by molar-refractivity contribution is 0.0733. The minimum Gasteiger partial charge on any atom is -0.393 e. The minimum atomic E-state index is -0.147. The highest BCUT2D eigenvalue weighted by molar-refractivity contribution is 5.26. The average Bonchev–Trinajstić information content (AvgIpc) is 2.43. The largest absolute Gasteiger partial charge is 0.393 e. The summed E-state index contributed by atoms with van der Waals surface area (Å²) in [5, 5.41) is 9.66. The Hall–Kier alpha value is -0.300. The molecule has 2 aliphatic carbocycles. The molecular weight excluding hydrogens is 136 g/mol. The molecule has 0 aromatic carbocycles. The fourth-order valence-corrected chi connectivity index (χ4v) is 2.84. The standard InChI is InChI=1S/C10H16O/c1-7-5-9-3-4-10(7,6-9)8(2)11/h5,8-9,11H,3-4,6H2,1-2H3. The van der Waals surface area contributed by atoms with Crippen LogP contribution < -0.4 is 0 Å². The van der Waals surface area contributed by atoms with Crippen LogP contribution >= 0.6 is 0 Å². The van der Waals surface area contributed by atoms with E-state index >= 15 is 0 Å². The van der Waals surface area contributed by atoms with E-state index in [0.717, 1.165) is 5.92 Å². The molecule has 0 saturated heterocycles. The van der Waals surface area contributed by atoms with Crippen molar-refractivity contribution >= 4 is 0 Å². The zero-order valence-electron chi connectivity index (χ0n) is 7.30. The van der Waals surface area contributed by atoms with Crippen molar-refractivity contribution in [2.75, 3.05) is 0 Å². The SMILES string of the molecule is CC1=CC2CCC1(C(C)O)C2. The highest BCUT2D eigenvalue weighted by atomic mass is 16.3. The van der Waals surface area contributed by atoms with Crippen molar-refractivity contribution in [2.45, 2.75) is 39.2 Å². The summed E-state index contributed by atoms with van der Waals surface area (Å²) in [7, 11) is 0. The maximum atomic E-state index is 9.66. The van der Waals surface area contributed by atoms with Crippen LogP contribution in [0, 0.1) is 11.3 Å². The summed E-state index contributed by atoms with van der Waals surface area (Å²) in [5.74, 6) is 0.782. The third-order valence-electron chi connectivity index (χ3n) is 3.66. The Morgan fingerprint density at radius 1 is 1.73 bits per heavy atom. The highest BCUT2D eigenvalue weighted by Gasteiger charge is 2.47. The van der Waals surface area contributed by atoms with Gasteiger partial charge in [-0.2, -0.15) is 0 Å². The summed E-state index contributed by atoms with van der Waals surface area (Å²) in [6.07, 6.45) is 5.92. The minimum absolute atomic E-state index is 0.147. The van der Waals surface area contributed by atoms with Crippen LogP contribution in [0.1, 0.15) is 33.1 Å². The number of aliphatic hydroxyl groups is 1. The topological polar surface area (TPSA) is 20.2 Å². The molecular formula is C10H16O. The first kappa shape index (κ1) is 7.35. The van der Waals surface area contributed by atoms with E-state index in [4.69, 9.17) is 0 Å². The molecule has 0 aromatic rings.